The lowest BCUT2D eigenvalue weighted by molar-refractivity contribution is 0.00203. The van der Waals surface area contributed by atoms with Gasteiger partial charge < -0.3 is 0 Å². The summed E-state index contributed by atoms with van der Waals surface area (Å²) in [4.78, 5) is 8.56. The Morgan fingerprint density at radius 2 is 1.70 bits per heavy atom. The summed E-state index contributed by atoms with van der Waals surface area (Å²) in [5.74, 6) is 0. The molecule has 3 heteroatoms. The normalized spacial score (nSPS) is 43.6. The van der Waals surface area contributed by atoms with Crippen LogP contribution >= 0.6 is 0 Å². The Bertz CT molecular complexity index is 345. The number of hydrogen-bond acceptors (Lipinski definition) is 3. The summed E-state index contributed by atoms with van der Waals surface area (Å²) in [6, 6.07) is 3.49. The fourth-order valence-corrected chi connectivity index (χ4v) is 5.49. The van der Waals surface area contributed by atoms with Gasteiger partial charge in [0.05, 0.1) is 0 Å². The third-order valence-corrected chi connectivity index (χ3v) is 6.55. The van der Waals surface area contributed by atoms with Crippen LogP contribution < -0.4 is 0 Å². The maximum Gasteiger partial charge on any atom is 0.0267 e. The lowest BCUT2D eigenvalue weighted by Gasteiger charge is -2.48. The summed E-state index contributed by atoms with van der Waals surface area (Å²) in [5.41, 5.74) is 0. The maximum atomic E-state index is 2.96. The molecule has 0 aliphatic carbocycles. The highest BCUT2D eigenvalue weighted by molar-refractivity contribution is 5.01. The van der Waals surface area contributed by atoms with Gasteiger partial charge in [0.1, 0.15) is 0 Å². The van der Waals surface area contributed by atoms with E-state index >= 15 is 0 Å². The van der Waals surface area contributed by atoms with E-state index in [0.717, 1.165) is 24.2 Å². The van der Waals surface area contributed by atoms with E-state index in [1.807, 2.05) is 0 Å². The Balaban J connectivity index is 1.50. The molecule has 0 saturated carbocycles. The van der Waals surface area contributed by atoms with Crippen LogP contribution in [0.2, 0.25) is 0 Å². The van der Waals surface area contributed by atoms with Gasteiger partial charge in [0.15, 0.2) is 0 Å². The molecule has 4 saturated heterocycles. The minimum atomic E-state index is 0.830. The molecule has 4 heterocycles. The number of piperidine rings is 1. The second-order valence-corrected chi connectivity index (χ2v) is 7.50. The van der Waals surface area contributed by atoms with Gasteiger partial charge in [0, 0.05) is 43.8 Å². The molecule has 4 aliphatic rings. The molecule has 0 N–H and O–H groups in total. The van der Waals surface area contributed by atoms with Crippen LogP contribution in [-0.4, -0.2) is 71.6 Å². The van der Waals surface area contributed by atoms with Crippen LogP contribution in [-0.2, 0) is 0 Å². The zero-order valence-electron chi connectivity index (χ0n) is 13.1. The van der Waals surface area contributed by atoms with Crippen LogP contribution in [0.15, 0.2) is 0 Å². The molecule has 0 aromatic carbocycles. The highest BCUT2D eigenvalue weighted by atomic mass is 15.4. The van der Waals surface area contributed by atoms with E-state index in [9.17, 15) is 0 Å². The highest BCUT2D eigenvalue weighted by Crippen LogP contribution is 2.35. The van der Waals surface area contributed by atoms with Gasteiger partial charge in [-0.15, -0.1) is 0 Å². The second kappa shape index (κ2) is 5.58. The number of hydrogen-bond donors (Lipinski definition) is 0. The number of fused-ring (bicyclic) bond motifs is 2. The lowest BCUT2D eigenvalue weighted by atomic mass is 9.94. The van der Waals surface area contributed by atoms with Crippen molar-refractivity contribution in [3.63, 3.8) is 0 Å². The Hall–Kier alpha value is -0.120. The molecular formula is C17H31N3. The van der Waals surface area contributed by atoms with Gasteiger partial charge in [-0.3, -0.25) is 14.7 Å². The van der Waals surface area contributed by atoms with Crippen molar-refractivity contribution >= 4 is 0 Å². The SMILES string of the molecule is CCC1CN2CCCC2CN1C1CCN2CCCCC12. The predicted octanol–water partition coefficient (Wildman–Crippen LogP) is 2.17. The topological polar surface area (TPSA) is 9.72 Å². The molecule has 4 aliphatic heterocycles. The van der Waals surface area contributed by atoms with Gasteiger partial charge in [0.2, 0.25) is 0 Å². The van der Waals surface area contributed by atoms with E-state index in [0.29, 0.717) is 0 Å². The summed E-state index contributed by atoms with van der Waals surface area (Å²) >= 11 is 0. The number of piperazine rings is 1. The molecule has 0 spiro atoms. The van der Waals surface area contributed by atoms with Gasteiger partial charge in [-0.2, -0.15) is 0 Å². The summed E-state index contributed by atoms with van der Waals surface area (Å²) in [5, 5.41) is 0. The molecule has 0 aromatic rings. The Morgan fingerprint density at radius 3 is 2.60 bits per heavy atom. The fourth-order valence-electron chi connectivity index (χ4n) is 5.49. The average Bonchev–Trinajstić information content (AvgIpc) is 3.11. The first-order chi connectivity index (χ1) is 9.86. The van der Waals surface area contributed by atoms with Gasteiger partial charge in [-0.25, -0.2) is 0 Å². The smallest absolute Gasteiger partial charge is 0.0267 e. The molecule has 4 rings (SSSR count). The molecule has 4 unspecified atom stereocenters. The Morgan fingerprint density at radius 1 is 0.800 bits per heavy atom. The zero-order chi connectivity index (χ0) is 13.5. The zero-order valence-corrected chi connectivity index (χ0v) is 13.1. The molecule has 20 heavy (non-hydrogen) atoms. The van der Waals surface area contributed by atoms with Crippen LogP contribution in [0.5, 0.6) is 0 Å². The maximum absolute atomic E-state index is 2.96. The van der Waals surface area contributed by atoms with Crippen LogP contribution in [0.25, 0.3) is 0 Å². The number of rotatable bonds is 2. The lowest BCUT2D eigenvalue weighted by Crippen LogP contribution is -2.61. The van der Waals surface area contributed by atoms with Crippen LogP contribution in [0.4, 0.5) is 0 Å². The predicted molar refractivity (Wildman–Crippen MR) is 83.0 cm³/mol. The first-order valence-electron chi connectivity index (χ1n) is 9.10. The molecule has 0 amide bonds. The van der Waals surface area contributed by atoms with E-state index in [2.05, 4.69) is 21.6 Å². The first kappa shape index (κ1) is 13.5. The Kier molecular flexibility index (Phi) is 3.78. The van der Waals surface area contributed by atoms with Crippen molar-refractivity contribution in [2.24, 2.45) is 0 Å². The van der Waals surface area contributed by atoms with Gasteiger partial charge >= 0.3 is 0 Å². The number of nitrogens with zero attached hydrogens (tertiary/aromatic N) is 3. The summed E-state index contributed by atoms with van der Waals surface area (Å²) in [6.45, 7) is 9.24. The van der Waals surface area contributed by atoms with Gasteiger partial charge in [-0.1, -0.05) is 13.3 Å². The summed E-state index contributed by atoms with van der Waals surface area (Å²) < 4.78 is 0. The minimum absolute atomic E-state index is 0.830. The quantitative estimate of drug-likeness (QED) is 0.766. The standard InChI is InChI=1S/C17H31N3/c1-2-14-12-19-10-5-6-15(19)13-20(14)17-8-11-18-9-4-3-7-16(17)18/h14-17H,2-13H2,1H3. The third kappa shape index (κ3) is 2.22. The third-order valence-electron chi connectivity index (χ3n) is 6.55. The van der Waals surface area contributed by atoms with Crippen molar-refractivity contribution in [1.29, 1.82) is 0 Å². The van der Waals surface area contributed by atoms with Crippen LogP contribution in [0.1, 0.15) is 51.9 Å². The monoisotopic (exact) mass is 277 g/mol. The van der Waals surface area contributed by atoms with Gasteiger partial charge in [-0.05, 0) is 51.6 Å². The largest absolute Gasteiger partial charge is 0.299 e. The summed E-state index contributed by atoms with van der Waals surface area (Å²) in [7, 11) is 0. The molecule has 3 nitrogen and oxygen atoms in total. The average molecular weight is 277 g/mol. The molecule has 4 atom stereocenters. The van der Waals surface area contributed by atoms with Crippen molar-refractivity contribution in [2.45, 2.75) is 76.0 Å². The second-order valence-electron chi connectivity index (χ2n) is 7.50. The van der Waals surface area contributed by atoms with E-state index in [4.69, 9.17) is 0 Å². The molecule has 0 radical (unpaired) electrons. The van der Waals surface area contributed by atoms with E-state index in [1.54, 1.807) is 0 Å². The van der Waals surface area contributed by atoms with Crippen molar-refractivity contribution in [2.75, 3.05) is 32.7 Å². The van der Waals surface area contributed by atoms with Gasteiger partial charge in [0.25, 0.3) is 0 Å². The van der Waals surface area contributed by atoms with E-state index < -0.39 is 0 Å². The molecule has 0 bridgehead atoms. The van der Waals surface area contributed by atoms with Crippen LogP contribution in [0.3, 0.4) is 0 Å². The van der Waals surface area contributed by atoms with Crippen molar-refractivity contribution < 1.29 is 0 Å². The molecule has 114 valence electrons. The van der Waals surface area contributed by atoms with E-state index in [-0.39, 0.29) is 0 Å². The highest BCUT2D eigenvalue weighted by Gasteiger charge is 2.44. The van der Waals surface area contributed by atoms with Crippen molar-refractivity contribution in [1.82, 2.24) is 14.7 Å². The molecule has 4 fully saturated rings. The van der Waals surface area contributed by atoms with Crippen molar-refractivity contribution in [3.8, 4) is 0 Å². The molecule has 0 aromatic heterocycles. The minimum Gasteiger partial charge on any atom is -0.299 e. The Labute approximate surface area is 124 Å². The molecular weight excluding hydrogens is 246 g/mol. The van der Waals surface area contributed by atoms with Crippen molar-refractivity contribution in [3.05, 3.63) is 0 Å². The summed E-state index contributed by atoms with van der Waals surface area (Å²) in [6.07, 6.45) is 10.0. The van der Waals surface area contributed by atoms with E-state index in [1.165, 1.54) is 77.7 Å². The fraction of sp³-hybridized carbons (Fsp3) is 1.00. The van der Waals surface area contributed by atoms with Crippen LogP contribution in [0, 0.1) is 0 Å². The first-order valence-corrected chi connectivity index (χ1v) is 9.10.